The summed E-state index contributed by atoms with van der Waals surface area (Å²) in [6.45, 7) is 2.17. The molecule has 0 radical (unpaired) electrons. The highest BCUT2D eigenvalue weighted by Gasteiger charge is 2.10. The Labute approximate surface area is 177 Å². The van der Waals surface area contributed by atoms with Crippen molar-refractivity contribution in [1.82, 2.24) is 14.9 Å². The number of unbranched alkanes of at least 4 members (excludes halogenated alkanes) is 2. The zero-order valence-electron chi connectivity index (χ0n) is 16.9. The zero-order valence-corrected chi connectivity index (χ0v) is 17.6. The standard InChI is InChI=1S/C23H28ClN3O2/c1-29-16-15-27-21-12-7-6-11-20(21)26-22(27)13-3-2-8-14-25-23(28)17-18-9-4-5-10-19(18)24/h4-7,9-12H,2-3,8,13-17H2,1H3,(H,25,28). The first-order valence-electron chi connectivity index (χ1n) is 10.1. The number of nitrogens with one attached hydrogen (secondary N) is 1. The molecule has 0 spiro atoms. The Morgan fingerprint density at radius 3 is 2.72 bits per heavy atom. The number of carbonyl (C=O) groups is 1. The van der Waals surface area contributed by atoms with Crippen molar-refractivity contribution < 1.29 is 9.53 Å². The number of carbonyl (C=O) groups excluding carboxylic acids is 1. The molecule has 2 aromatic carbocycles. The van der Waals surface area contributed by atoms with Crippen LogP contribution in [0.4, 0.5) is 0 Å². The van der Waals surface area contributed by atoms with Crippen molar-refractivity contribution in [2.75, 3.05) is 20.3 Å². The molecule has 6 heteroatoms. The van der Waals surface area contributed by atoms with Crippen LogP contribution in [0.25, 0.3) is 11.0 Å². The fourth-order valence-corrected chi connectivity index (χ4v) is 3.64. The highest BCUT2D eigenvalue weighted by atomic mass is 35.5. The number of aromatic nitrogens is 2. The van der Waals surface area contributed by atoms with Gasteiger partial charge in [0.15, 0.2) is 0 Å². The summed E-state index contributed by atoms with van der Waals surface area (Å²) in [4.78, 5) is 16.9. The third-order valence-electron chi connectivity index (χ3n) is 4.96. The van der Waals surface area contributed by atoms with Crippen molar-refractivity contribution >= 4 is 28.5 Å². The highest BCUT2D eigenvalue weighted by Crippen LogP contribution is 2.18. The third-order valence-corrected chi connectivity index (χ3v) is 5.33. The molecule has 29 heavy (non-hydrogen) atoms. The van der Waals surface area contributed by atoms with Crippen LogP contribution in [0.3, 0.4) is 0 Å². The SMILES string of the molecule is COCCn1c(CCCCCNC(=O)Cc2ccccc2Cl)nc2ccccc21. The molecule has 1 heterocycles. The van der Waals surface area contributed by atoms with Gasteiger partial charge in [-0.05, 0) is 36.6 Å². The Morgan fingerprint density at radius 2 is 1.90 bits per heavy atom. The van der Waals surface area contributed by atoms with Crippen molar-refractivity contribution in [3.63, 3.8) is 0 Å². The van der Waals surface area contributed by atoms with Gasteiger partial charge in [-0.1, -0.05) is 48.4 Å². The Hall–Kier alpha value is -2.37. The summed E-state index contributed by atoms with van der Waals surface area (Å²) >= 11 is 6.11. The number of benzene rings is 2. The van der Waals surface area contributed by atoms with Gasteiger partial charge >= 0.3 is 0 Å². The van der Waals surface area contributed by atoms with Crippen molar-refractivity contribution in [1.29, 1.82) is 0 Å². The monoisotopic (exact) mass is 413 g/mol. The second-order valence-corrected chi connectivity index (χ2v) is 7.50. The maximum atomic E-state index is 12.1. The molecule has 1 N–H and O–H groups in total. The molecule has 0 bridgehead atoms. The van der Waals surface area contributed by atoms with E-state index in [0.29, 0.717) is 24.6 Å². The van der Waals surface area contributed by atoms with Crippen LogP contribution in [-0.2, 0) is 28.9 Å². The number of aryl methyl sites for hydroxylation is 1. The fraction of sp³-hybridized carbons (Fsp3) is 0.391. The molecule has 0 aliphatic rings. The topological polar surface area (TPSA) is 56.1 Å². The number of ether oxygens (including phenoxy) is 1. The van der Waals surface area contributed by atoms with Crippen molar-refractivity contribution in [2.45, 2.75) is 38.6 Å². The molecule has 3 rings (SSSR count). The van der Waals surface area contributed by atoms with Crippen LogP contribution >= 0.6 is 11.6 Å². The lowest BCUT2D eigenvalue weighted by molar-refractivity contribution is -0.120. The number of imidazole rings is 1. The Kier molecular flexibility index (Phi) is 8.08. The minimum Gasteiger partial charge on any atom is -0.383 e. The number of para-hydroxylation sites is 2. The summed E-state index contributed by atoms with van der Waals surface area (Å²) < 4.78 is 7.51. The van der Waals surface area contributed by atoms with Crippen LogP contribution in [0.1, 0.15) is 30.7 Å². The molecule has 0 aliphatic carbocycles. The molecule has 3 aromatic rings. The average Bonchev–Trinajstić information content (AvgIpc) is 3.08. The molecular weight excluding hydrogens is 386 g/mol. The number of methoxy groups -OCH3 is 1. The van der Waals surface area contributed by atoms with Crippen LogP contribution in [0.5, 0.6) is 0 Å². The number of nitrogens with zero attached hydrogens (tertiary/aromatic N) is 2. The van der Waals surface area contributed by atoms with Gasteiger partial charge in [0.05, 0.1) is 24.1 Å². The van der Waals surface area contributed by atoms with Crippen LogP contribution in [0, 0.1) is 0 Å². The molecule has 0 atom stereocenters. The van der Waals surface area contributed by atoms with Gasteiger partial charge in [-0.25, -0.2) is 4.98 Å². The van der Waals surface area contributed by atoms with Gasteiger partial charge in [0.1, 0.15) is 5.82 Å². The van der Waals surface area contributed by atoms with E-state index >= 15 is 0 Å². The number of hydrogen-bond donors (Lipinski definition) is 1. The van der Waals surface area contributed by atoms with E-state index in [1.54, 1.807) is 7.11 Å². The summed E-state index contributed by atoms with van der Waals surface area (Å²) in [6.07, 6.45) is 4.28. The number of halogens is 1. The largest absolute Gasteiger partial charge is 0.383 e. The fourth-order valence-electron chi connectivity index (χ4n) is 3.44. The smallest absolute Gasteiger partial charge is 0.224 e. The molecule has 0 unspecified atom stereocenters. The lowest BCUT2D eigenvalue weighted by Crippen LogP contribution is -2.26. The van der Waals surface area contributed by atoms with Gasteiger partial charge in [0.2, 0.25) is 5.91 Å². The Bertz CT molecular complexity index is 939. The van der Waals surface area contributed by atoms with E-state index in [-0.39, 0.29) is 5.91 Å². The molecule has 0 saturated carbocycles. The van der Waals surface area contributed by atoms with Crippen LogP contribution in [0.2, 0.25) is 5.02 Å². The third kappa shape index (κ3) is 6.05. The molecule has 5 nitrogen and oxygen atoms in total. The van der Waals surface area contributed by atoms with Gasteiger partial charge in [0.25, 0.3) is 0 Å². The van der Waals surface area contributed by atoms with Crippen molar-refractivity contribution in [3.05, 3.63) is 64.9 Å². The van der Waals surface area contributed by atoms with Gasteiger partial charge in [-0.15, -0.1) is 0 Å². The predicted octanol–water partition coefficient (Wildman–Crippen LogP) is 4.41. The highest BCUT2D eigenvalue weighted by molar-refractivity contribution is 6.31. The van der Waals surface area contributed by atoms with Crippen LogP contribution in [0.15, 0.2) is 48.5 Å². The molecular formula is C23H28ClN3O2. The summed E-state index contributed by atoms with van der Waals surface area (Å²) in [5.41, 5.74) is 3.05. The minimum atomic E-state index is 0.0134. The van der Waals surface area contributed by atoms with E-state index in [1.165, 1.54) is 0 Å². The zero-order chi connectivity index (χ0) is 20.5. The molecule has 1 amide bonds. The second-order valence-electron chi connectivity index (χ2n) is 7.09. The van der Waals surface area contributed by atoms with E-state index in [1.807, 2.05) is 36.4 Å². The number of rotatable bonds is 11. The van der Waals surface area contributed by atoms with E-state index in [2.05, 4.69) is 22.0 Å². The lowest BCUT2D eigenvalue weighted by atomic mass is 10.1. The van der Waals surface area contributed by atoms with Gasteiger partial charge in [0, 0.05) is 31.6 Å². The Morgan fingerprint density at radius 1 is 1.10 bits per heavy atom. The quantitative estimate of drug-likeness (QED) is 0.474. The normalized spacial score (nSPS) is 11.1. The van der Waals surface area contributed by atoms with E-state index < -0.39 is 0 Å². The number of hydrogen-bond acceptors (Lipinski definition) is 3. The van der Waals surface area contributed by atoms with Crippen molar-refractivity contribution in [3.8, 4) is 0 Å². The van der Waals surface area contributed by atoms with Gasteiger partial charge in [-0.2, -0.15) is 0 Å². The first kappa shape index (κ1) is 21.3. The van der Waals surface area contributed by atoms with Gasteiger partial charge < -0.3 is 14.6 Å². The van der Waals surface area contributed by atoms with E-state index in [9.17, 15) is 4.79 Å². The Balaban J connectivity index is 1.41. The van der Waals surface area contributed by atoms with Crippen LogP contribution in [-0.4, -0.2) is 35.7 Å². The summed E-state index contributed by atoms with van der Waals surface area (Å²) in [5, 5.41) is 3.62. The summed E-state index contributed by atoms with van der Waals surface area (Å²) in [6, 6.07) is 15.7. The van der Waals surface area contributed by atoms with Gasteiger partial charge in [-0.3, -0.25) is 4.79 Å². The van der Waals surface area contributed by atoms with E-state index in [0.717, 1.165) is 54.6 Å². The maximum Gasteiger partial charge on any atom is 0.224 e. The van der Waals surface area contributed by atoms with E-state index in [4.69, 9.17) is 21.3 Å². The van der Waals surface area contributed by atoms with Crippen LogP contribution < -0.4 is 5.32 Å². The maximum absolute atomic E-state index is 12.1. The first-order valence-corrected chi connectivity index (χ1v) is 10.5. The molecule has 1 aromatic heterocycles. The van der Waals surface area contributed by atoms with Crippen molar-refractivity contribution in [2.24, 2.45) is 0 Å². The number of amides is 1. The summed E-state index contributed by atoms with van der Waals surface area (Å²) in [7, 11) is 1.72. The lowest BCUT2D eigenvalue weighted by Gasteiger charge is -2.09. The predicted molar refractivity (Wildman–Crippen MR) is 117 cm³/mol. The summed E-state index contributed by atoms with van der Waals surface area (Å²) in [5.74, 6) is 1.12. The number of fused-ring (bicyclic) bond motifs is 1. The molecule has 154 valence electrons. The minimum absolute atomic E-state index is 0.0134. The molecule has 0 aliphatic heterocycles. The first-order chi connectivity index (χ1) is 14.2. The molecule has 0 saturated heterocycles. The molecule has 0 fully saturated rings. The second kappa shape index (κ2) is 11.0. The average molecular weight is 414 g/mol.